The number of aromatic nitrogens is 6. The van der Waals surface area contributed by atoms with E-state index in [2.05, 4.69) is 30.2 Å². The van der Waals surface area contributed by atoms with Crippen LogP contribution in [0.15, 0.2) is 36.4 Å². The van der Waals surface area contributed by atoms with Gasteiger partial charge in [0.1, 0.15) is 10.7 Å². The van der Waals surface area contributed by atoms with E-state index in [0.29, 0.717) is 18.2 Å². The van der Waals surface area contributed by atoms with E-state index in [1.54, 1.807) is 17.7 Å². The molecule has 4 rings (SSSR count). The second-order valence-electron chi connectivity index (χ2n) is 5.97. The zero-order chi connectivity index (χ0) is 18.1. The lowest BCUT2D eigenvalue weighted by Gasteiger charge is -2.13. The van der Waals surface area contributed by atoms with E-state index in [1.165, 1.54) is 0 Å². The Labute approximate surface area is 153 Å². The standard InChI is InChI=1S/C17H16FN7S/c1-10(15-19-6-11(18)7-20-15)22-17-23-14(5-12-8-25(2)9-21-12)13-3-4-26-16(13)24-17/h3-4,6-10H,5H2,1-2H3,(H,22,23,24)/t10-/m0/s1. The van der Waals surface area contributed by atoms with Crippen LogP contribution < -0.4 is 5.32 Å². The van der Waals surface area contributed by atoms with Crippen LogP contribution in [-0.2, 0) is 13.5 Å². The van der Waals surface area contributed by atoms with E-state index < -0.39 is 5.82 Å². The van der Waals surface area contributed by atoms with Gasteiger partial charge in [0, 0.05) is 25.1 Å². The van der Waals surface area contributed by atoms with E-state index in [-0.39, 0.29) is 6.04 Å². The number of anilines is 1. The van der Waals surface area contributed by atoms with E-state index >= 15 is 0 Å². The van der Waals surface area contributed by atoms with Crippen molar-refractivity contribution in [3.05, 3.63) is 59.4 Å². The Hall–Kier alpha value is -2.94. The molecule has 0 aliphatic heterocycles. The molecule has 1 N–H and O–H groups in total. The summed E-state index contributed by atoms with van der Waals surface area (Å²) in [6.07, 6.45) is 6.66. The lowest BCUT2D eigenvalue weighted by atomic mass is 10.2. The van der Waals surface area contributed by atoms with Crippen molar-refractivity contribution in [1.29, 1.82) is 0 Å². The molecule has 1 atom stereocenters. The van der Waals surface area contributed by atoms with Crippen LogP contribution in [0.4, 0.5) is 10.3 Å². The number of halogens is 1. The first-order chi connectivity index (χ1) is 12.6. The van der Waals surface area contributed by atoms with Crippen molar-refractivity contribution >= 4 is 27.5 Å². The summed E-state index contributed by atoms with van der Waals surface area (Å²) < 4.78 is 14.9. The summed E-state index contributed by atoms with van der Waals surface area (Å²) in [6.45, 7) is 1.88. The predicted molar refractivity (Wildman–Crippen MR) is 97.5 cm³/mol. The molecule has 0 aliphatic carbocycles. The fourth-order valence-electron chi connectivity index (χ4n) is 2.65. The van der Waals surface area contributed by atoms with Gasteiger partial charge in [-0.25, -0.2) is 29.3 Å². The third kappa shape index (κ3) is 3.38. The molecule has 0 saturated heterocycles. The van der Waals surface area contributed by atoms with Gasteiger partial charge >= 0.3 is 0 Å². The third-order valence-electron chi connectivity index (χ3n) is 3.88. The minimum Gasteiger partial charge on any atom is -0.344 e. The second-order valence-corrected chi connectivity index (χ2v) is 6.86. The van der Waals surface area contributed by atoms with Gasteiger partial charge in [-0.05, 0) is 18.4 Å². The molecule has 26 heavy (non-hydrogen) atoms. The quantitative estimate of drug-likeness (QED) is 0.582. The SMILES string of the molecule is C[C@H](Nc1nc(Cc2cn(C)cn2)c2ccsc2n1)c1ncc(F)cn1. The van der Waals surface area contributed by atoms with Gasteiger partial charge in [-0.3, -0.25) is 0 Å². The molecule has 4 aromatic heterocycles. The first kappa shape index (κ1) is 16.5. The lowest BCUT2D eigenvalue weighted by Crippen LogP contribution is -2.13. The van der Waals surface area contributed by atoms with Gasteiger partial charge in [-0.1, -0.05) is 0 Å². The van der Waals surface area contributed by atoms with Gasteiger partial charge < -0.3 is 9.88 Å². The van der Waals surface area contributed by atoms with Crippen molar-refractivity contribution in [2.24, 2.45) is 7.05 Å². The highest BCUT2D eigenvalue weighted by Crippen LogP contribution is 2.25. The largest absolute Gasteiger partial charge is 0.344 e. The average molecular weight is 369 g/mol. The Bertz CT molecular complexity index is 1040. The fourth-order valence-corrected chi connectivity index (χ4v) is 3.43. The smallest absolute Gasteiger partial charge is 0.224 e. The molecule has 0 fully saturated rings. The monoisotopic (exact) mass is 369 g/mol. The average Bonchev–Trinajstić information content (AvgIpc) is 3.24. The van der Waals surface area contributed by atoms with Crippen molar-refractivity contribution < 1.29 is 4.39 Å². The van der Waals surface area contributed by atoms with Crippen LogP contribution in [0, 0.1) is 5.82 Å². The number of thiophene rings is 1. The molecular formula is C17H16FN7S. The zero-order valence-electron chi connectivity index (χ0n) is 14.2. The van der Waals surface area contributed by atoms with Crippen molar-refractivity contribution in [2.45, 2.75) is 19.4 Å². The van der Waals surface area contributed by atoms with Crippen molar-refractivity contribution in [1.82, 2.24) is 29.5 Å². The number of rotatable bonds is 5. The Morgan fingerprint density at radius 1 is 1.23 bits per heavy atom. The van der Waals surface area contributed by atoms with Crippen LogP contribution in [0.1, 0.15) is 30.2 Å². The molecular weight excluding hydrogens is 353 g/mol. The fraction of sp³-hybridized carbons (Fsp3) is 0.235. The molecule has 0 unspecified atom stereocenters. The van der Waals surface area contributed by atoms with Crippen molar-refractivity contribution in [3.8, 4) is 0 Å². The molecule has 9 heteroatoms. The number of hydrogen-bond acceptors (Lipinski definition) is 7. The minimum absolute atomic E-state index is 0.254. The molecule has 132 valence electrons. The molecule has 0 aliphatic rings. The Morgan fingerprint density at radius 3 is 2.77 bits per heavy atom. The first-order valence-corrected chi connectivity index (χ1v) is 8.91. The minimum atomic E-state index is -0.463. The Kier molecular flexibility index (Phi) is 4.29. The summed E-state index contributed by atoms with van der Waals surface area (Å²) in [5.74, 6) is 0.508. The number of nitrogens with one attached hydrogen (secondary N) is 1. The zero-order valence-corrected chi connectivity index (χ0v) is 15.0. The van der Waals surface area contributed by atoms with Gasteiger partial charge in [0.2, 0.25) is 5.95 Å². The van der Waals surface area contributed by atoms with E-state index in [1.807, 2.05) is 36.2 Å². The van der Waals surface area contributed by atoms with E-state index in [9.17, 15) is 4.39 Å². The van der Waals surface area contributed by atoms with Crippen molar-refractivity contribution in [2.75, 3.05) is 5.32 Å². The molecule has 0 bridgehead atoms. The third-order valence-corrected chi connectivity index (χ3v) is 4.69. The normalized spacial score (nSPS) is 12.4. The predicted octanol–water partition coefficient (Wildman–Crippen LogP) is 3.12. The maximum atomic E-state index is 13.0. The Morgan fingerprint density at radius 2 is 2.04 bits per heavy atom. The van der Waals surface area contributed by atoms with E-state index in [0.717, 1.165) is 34.0 Å². The molecule has 4 aromatic rings. The molecule has 7 nitrogen and oxygen atoms in total. The summed E-state index contributed by atoms with van der Waals surface area (Å²) in [5.41, 5.74) is 1.85. The van der Waals surface area contributed by atoms with Crippen LogP contribution in [0.5, 0.6) is 0 Å². The van der Waals surface area contributed by atoms with Crippen molar-refractivity contribution in [3.63, 3.8) is 0 Å². The number of hydrogen-bond donors (Lipinski definition) is 1. The molecule has 0 aromatic carbocycles. The molecule has 4 heterocycles. The van der Waals surface area contributed by atoms with E-state index in [4.69, 9.17) is 0 Å². The molecule has 0 saturated carbocycles. The van der Waals surface area contributed by atoms with Gasteiger partial charge in [0.05, 0.1) is 36.2 Å². The van der Waals surface area contributed by atoms with Crippen LogP contribution in [0.3, 0.4) is 0 Å². The number of fused-ring (bicyclic) bond motifs is 1. The van der Waals surface area contributed by atoms with Gasteiger partial charge in [0.25, 0.3) is 0 Å². The lowest BCUT2D eigenvalue weighted by molar-refractivity contribution is 0.604. The second kappa shape index (κ2) is 6.75. The maximum absolute atomic E-state index is 13.0. The summed E-state index contributed by atoms with van der Waals surface area (Å²) in [7, 11) is 1.94. The van der Waals surface area contributed by atoms with Gasteiger partial charge in [0.15, 0.2) is 5.82 Å². The highest BCUT2D eigenvalue weighted by molar-refractivity contribution is 7.16. The molecule has 0 spiro atoms. The summed E-state index contributed by atoms with van der Waals surface area (Å²) in [6, 6.07) is 1.77. The summed E-state index contributed by atoms with van der Waals surface area (Å²) >= 11 is 1.56. The van der Waals surface area contributed by atoms with Crippen LogP contribution in [0.25, 0.3) is 10.2 Å². The maximum Gasteiger partial charge on any atom is 0.224 e. The number of aryl methyl sites for hydroxylation is 1. The molecule has 0 radical (unpaired) electrons. The summed E-state index contributed by atoms with van der Waals surface area (Å²) in [4.78, 5) is 22.5. The molecule has 0 amide bonds. The van der Waals surface area contributed by atoms with Gasteiger partial charge in [-0.2, -0.15) is 0 Å². The van der Waals surface area contributed by atoms with Crippen LogP contribution in [-0.4, -0.2) is 29.5 Å². The van der Waals surface area contributed by atoms with Crippen LogP contribution in [0.2, 0.25) is 0 Å². The number of nitrogens with zero attached hydrogens (tertiary/aromatic N) is 6. The first-order valence-electron chi connectivity index (χ1n) is 8.03. The van der Waals surface area contributed by atoms with Crippen LogP contribution >= 0.6 is 11.3 Å². The Balaban J connectivity index is 1.63. The topological polar surface area (TPSA) is 81.4 Å². The number of imidazole rings is 1. The van der Waals surface area contributed by atoms with Gasteiger partial charge in [-0.15, -0.1) is 11.3 Å². The summed E-state index contributed by atoms with van der Waals surface area (Å²) in [5, 5.41) is 6.22. The highest BCUT2D eigenvalue weighted by atomic mass is 32.1. The highest BCUT2D eigenvalue weighted by Gasteiger charge is 2.14.